The van der Waals surface area contributed by atoms with Crippen molar-refractivity contribution in [1.82, 2.24) is 14.5 Å². The first-order valence-corrected chi connectivity index (χ1v) is 11.1. The van der Waals surface area contributed by atoms with Gasteiger partial charge in [-0.3, -0.25) is 4.79 Å². The van der Waals surface area contributed by atoms with Crippen molar-refractivity contribution < 1.29 is 9.53 Å². The van der Waals surface area contributed by atoms with Gasteiger partial charge < -0.3 is 19.9 Å². The number of hydrogen-bond acceptors (Lipinski definition) is 4. The number of benzene rings is 2. The number of ether oxygens (including phenoxy) is 1. The zero-order valence-corrected chi connectivity index (χ0v) is 19.0. The van der Waals surface area contributed by atoms with Crippen molar-refractivity contribution in [1.29, 1.82) is 0 Å². The zero-order chi connectivity index (χ0) is 22.4. The SMILES string of the molecule is CCC(CCC(=O)N(C)CCC(C)C)n1c(N)nc2ccc(Oc3ccccc3)cc21. The van der Waals surface area contributed by atoms with Gasteiger partial charge in [0.15, 0.2) is 0 Å². The lowest BCUT2D eigenvalue weighted by atomic mass is 10.1. The Hall–Kier alpha value is -3.02. The molecule has 31 heavy (non-hydrogen) atoms. The minimum absolute atomic E-state index is 0.0967. The molecule has 3 rings (SSSR count). The quantitative estimate of drug-likeness (QED) is 0.458. The van der Waals surface area contributed by atoms with Gasteiger partial charge in [0.1, 0.15) is 11.5 Å². The molecule has 0 aliphatic rings. The van der Waals surface area contributed by atoms with Gasteiger partial charge in [-0.1, -0.05) is 39.0 Å². The molecule has 6 nitrogen and oxygen atoms in total. The van der Waals surface area contributed by atoms with Crippen LogP contribution < -0.4 is 10.5 Å². The number of imidazole rings is 1. The van der Waals surface area contributed by atoms with E-state index < -0.39 is 0 Å². The van der Waals surface area contributed by atoms with E-state index in [-0.39, 0.29) is 11.9 Å². The van der Waals surface area contributed by atoms with Crippen LogP contribution in [0, 0.1) is 5.92 Å². The number of carbonyl (C=O) groups excluding carboxylic acids is 1. The maximum atomic E-state index is 12.6. The maximum absolute atomic E-state index is 12.6. The number of nitrogens with two attached hydrogens (primary N) is 1. The maximum Gasteiger partial charge on any atom is 0.222 e. The van der Waals surface area contributed by atoms with Crippen LogP contribution in [0.15, 0.2) is 48.5 Å². The number of nitrogen functional groups attached to an aromatic ring is 1. The van der Waals surface area contributed by atoms with Crippen molar-refractivity contribution in [2.24, 2.45) is 5.92 Å². The number of nitrogens with zero attached hydrogens (tertiary/aromatic N) is 3. The normalized spacial score (nSPS) is 12.3. The molecule has 0 spiro atoms. The molecule has 1 heterocycles. The summed E-state index contributed by atoms with van der Waals surface area (Å²) in [6.07, 6.45) is 3.10. The number of amides is 1. The van der Waals surface area contributed by atoms with E-state index in [0.717, 1.165) is 48.3 Å². The molecule has 2 N–H and O–H groups in total. The number of carbonyl (C=O) groups is 1. The standard InChI is InChI=1S/C25H34N4O2/c1-5-19(11-14-24(30)28(4)16-15-18(2)3)29-23-17-21(12-13-22(23)27-25(29)26)31-20-9-7-6-8-10-20/h6-10,12-13,17-19H,5,11,14-16H2,1-4H3,(H2,26,27). The lowest BCUT2D eigenvalue weighted by Crippen LogP contribution is -2.29. The van der Waals surface area contributed by atoms with Crippen molar-refractivity contribution in [3.05, 3.63) is 48.5 Å². The summed E-state index contributed by atoms with van der Waals surface area (Å²) in [5, 5.41) is 0. The van der Waals surface area contributed by atoms with E-state index in [1.165, 1.54) is 0 Å². The van der Waals surface area contributed by atoms with Crippen LogP contribution in [0.5, 0.6) is 11.5 Å². The largest absolute Gasteiger partial charge is 0.457 e. The highest BCUT2D eigenvalue weighted by Gasteiger charge is 2.19. The number of para-hydroxylation sites is 1. The van der Waals surface area contributed by atoms with E-state index in [2.05, 4.69) is 30.3 Å². The Morgan fingerprint density at radius 2 is 1.87 bits per heavy atom. The van der Waals surface area contributed by atoms with E-state index in [4.69, 9.17) is 10.5 Å². The molecule has 3 aromatic rings. The minimum Gasteiger partial charge on any atom is -0.457 e. The Labute approximate surface area is 185 Å². The molecule has 2 aromatic carbocycles. The molecule has 6 heteroatoms. The lowest BCUT2D eigenvalue weighted by Gasteiger charge is -2.22. The molecule has 0 fully saturated rings. The van der Waals surface area contributed by atoms with Crippen molar-refractivity contribution in [2.45, 2.75) is 52.5 Å². The van der Waals surface area contributed by atoms with Gasteiger partial charge in [0, 0.05) is 32.1 Å². The van der Waals surface area contributed by atoms with Gasteiger partial charge in [0.25, 0.3) is 0 Å². The summed E-state index contributed by atoms with van der Waals surface area (Å²) < 4.78 is 8.05. The molecule has 1 aromatic heterocycles. The van der Waals surface area contributed by atoms with Crippen molar-refractivity contribution in [2.75, 3.05) is 19.3 Å². The fourth-order valence-electron chi connectivity index (χ4n) is 3.74. The van der Waals surface area contributed by atoms with Gasteiger partial charge >= 0.3 is 0 Å². The molecule has 0 bridgehead atoms. The average Bonchev–Trinajstić information content (AvgIpc) is 3.08. The van der Waals surface area contributed by atoms with Crippen molar-refractivity contribution in [3.63, 3.8) is 0 Å². The predicted octanol–water partition coefficient (Wildman–Crippen LogP) is 5.65. The van der Waals surface area contributed by atoms with Gasteiger partial charge in [0.2, 0.25) is 11.9 Å². The molecule has 0 aliphatic carbocycles. The van der Waals surface area contributed by atoms with Crippen LogP contribution in [-0.2, 0) is 4.79 Å². The molecule has 1 atom stereocenters. The summed E-state index contributed by atoms with van der Waals surface area (Å²) in [6, 6.07) is 15.6. The molecule has 0 saturated carbocycles. The van der Waals surface area contributed by atoms with Crippen LogP contribution in [0.4, 0.5) is 5.95 Å². The molecule has 0 saturated heterocycles. The summed E-state index contributed by atoms with van der Waals surface area (Å²) >= 11 is 0. The summed E-state index contributed by atoms with van der Waals surface area (Å²) in [5.41, 5.74) is 8.05. The van der Waals surface area contributed by atoms with Crippen LogP contribution in [0.25, 0.3) is 11.0 Å². The first-order chi connectivity index (χ1) is 14.9. The highest BCUT2D eigenvalue weighted by atomic mass is 16.5. The molecule has 0 aliphatic heterocycles. The first-order valence-electron chi connectivity index (χ1n) is 11.1. The summed E-state index contributed by atoms with van der Waals surface area (Å²) in [6.45, 7) is 7.26. The van der Waals surface area contributed by atoms with E-state index in [0.29, 0.717) is 18.3 Å². The minimum atomic E-state index is 0.0967. The molecular formula is C25H34N4O2. The Kier molecular flexibility index (Phi) is 7.55. The fraction of sp³-hybridized carbons (Fsp3) is 0.440. The average molecular weight is 423 g/mol. The Morgan fingerprint density at radius 1 is 1.13 bits per heavy atom. The second-order valence-electron chi connectivity index (χ2n) is 8.50. The van der Waals surface area contributed by atoms with E-state index >= 15 is 0 Å². The number of rotatable bonds is 10. The number of anilines is 1. The third kappa shape index (κ3) is 5.78. The number of aromatic nitrogens is 2. The van der Waals surface area contributed by atoms with Gasteiger partial charge in [0.05, 0.1) is 11.0 Å². The summed E-state index contributed by atoms with van der Waals surface area (Å²) in [5.74, 6) is 2.75. The monoisotopic (exact) mass is 422 g/mol. The zero-order valence-electron chi connectivity index (χ0n) is 19.0. The third-order valence-electron chi connectivity index (χ3n) is 5.66. The first kappa shape index (κ1) is 22.7. The highest BCUT2D eigenvalue weighted by molar-refractivity contribution is 5.80. The van der Waals surface area contributed by atoms with E-state index in [1.54, 1.807) is 0 Å². The molecular weight excluding hydrogens is 388 g/mol. The predicted molar refractivity (Wildman–Crippen MR) is 126 cm³/mol. The number of hydrogen-bond donors (Lipinski definition) is 1. The van der Waals surface area contributed by atoms with Gasteiger partial charge in [-0.2, -0.15) is 0 Å². The van der Waals surface area contributed by atoms with Crippen molar-refractivity contribution >= 4 is 22.9 Å². The Bertz CT molecular complexity index is 997. The third-order valence-corrected chi connectivity index (χ3v) is 5.66. The summed E-state index contributed by atoms with van der Waals surface area (Å²) in [4.78, 5) is 19.0. The highest BCUT2D eigenvalue weighted by Crippen LogP contribution is 2.31. The van der Waals surface area contributed by atoms with Crippen LogP contribution in [0.1, 0.15) is 52.5 Å². The summed E-state index contributed by atoms with van der Waals surface area (Å²) in [7, 11) is 1.89. The van der Waals surface area contributed by atoms with E-state index in [1.807, 2.05) is 60.5 Å². The molecule has 1 unspecified atom stereocenters. The second kappa shape index (κ2) is 10.3. The number of fused-ring (bicyclic) bond motifs is 1. The van der Waals surface area contributed by atoms with Crippen LogP contribution in [0.2, 0.25) is 0 Å². The fourth-order valence-corrected chi connectivity index (χ4v) is 3.74. The van der Waals surface area contributed by atoms with Crippen LogP contribution >= 0.6 is 0 Å². The topological polar surface area (TPSA) is 73.4 Å². The van der Waals surface area contributed by atoms with Crippen LogP contribution in [0.3, 0.4) is 0 Å². The van der Waals surface area contributed by atoms with E-state index in [9.17, 15) is 4.79 Å². The molecule has 1 amide bonds. The Morgan fingerprint density at radius 3 is 2.55 bits per heavy atom. The van der Waals surface area contributed by atoms with Gasteiger partial charge in [-0.25, -0.2) is 4.98 Å². The Balaban J connectivity index is 1.76. The molecule has 166 valence electrons. The van der Waals surface area contributed by atoms with Crippen LogP contribution in [-0.4, -0.2) is 34.0 Å². The second-order valence-corrected chi connectivity index (χ2v) is 8.50. The smallest absolute Gasteiger partial charge is 0.222 e. The van der Waals surface area contributed by atoms with Gasteiger partial charge in [-0.15, -0.1) is 0 Å². The van der Waals surface area contributed by atoms with Gasteiger partial charge in [-0.05, 0) is 49.4 Å². The molecule has 0 radical (unpaired) electrons. The lowest BCUT2D eigenvalue weighted by molar-refractivity contribution is -0.130. The van der Waals surface area contributed by atoms with Crippen molar-refractivity contribution in [3.8, 4) is 11.5 Å².